The molecule has 1 heterocycles. The Kier molecular flexibility index (Phi) is 4.68. The second-order valence-electron chi connectivity index (χ2n) is 7.26. The van der Waals surface area contributed by atoms with E-state index < -0.39 is 5.91 Å². The molecular weight excluding hydrogens is 288 g/mol. The van der Waals surface area contributed by atoms with E-state index in [-0.39, 0.29) is 11.0 Å². The lowest BCUT2D eigenvalue weighted by Crippen LogP contribution is -2.72. The van der Waals surface area contributed by atoms with E-state index in [4.69, 9.17) is 10.7 Å². The van der Waals surface area contributed by atoms with Gasteiger partial charge in [-0.25, -0.2) is 4.99 Å². The monoisotopic (exact) mass is 316 g/mol. The Bertz CT molecular complexity index is 619. The Morgan fingerprint density at radius 2 is 2.04 bits per heavy atom. The largest absolute Gasteiger partial charge is 0.366 e. The molecule has 1 aliphatic rings. The number of hydrogen-bond donors (Lipinski definition) is 2. The quantitative estimate of drug-likeness (QED) is 0.662. The SMILES string of the molecule is CCNC(=NCc1cccc(C(N)=O)c1)N1CC(C)(C)C1(C)C. The van der Waals surface area contributed by atoms with Gasteiger partial charge in [0, 0.05) is 29.6 Å². The molecule has 126 valence electrons. The summed E-state index contributed by atoms with van der Waals surface area (Å²) in [7, 11) is 0. The van der Waals surface area contributed by atoms with Gasteiger partial charge in [0.25, 0.3) is 0 Å². The van der Waals surface area contributed by atoms with Crippen molar-refractivity contribution in [2.75, 3.05) is 13.1 Å². The van der Waals surface area contributed by atoms with Gasteiger partial charge in [0.1, 0.15) is 0 Å². The number of nitrogens with two attached hydrogens (primary N) is 1. The van der Waals surface area contributed by atoms with Crippen LogP contribution in [0, 0.1) is 5.41 Å². The summed E-state index contributed by atoms with van der Waals surface area (Å²) in [5, 5.41) is 3.37. The molecule has 1 amide bonds. The second kappa shape index (κ2) is 6.22. The van der Waals surface area contributed by atoms with Gasteiger partial charge in [0.05, 0.1) is 6.54 Å². The van der Waals surface area contributed by atoms with E-state index in [2.05, 4.69) is 44.8 Å². The Morgan fingerprint density at radius 1 is 1.35 bits per heavy atom. The van der Waals surface area contributed by atoms with Gasteiger partial charge in [0.15, 0.2) is 5.96 Å². The van der Waals surface area contributed by atoms with Crippen molar-refractivity contribution in [3.63, 3.8) is 0 Å². The van der Waals surface area contributed by atoms with Crippen LogP contribution in [0.2, 0.25) is 0 Å². The van der Waals surface area contributed by atoms with E-state index in [9.17, 15) is 4.79 Å². The number of nitrogens with zero attached hydrogens (tertiary/aromatic N) is 2. The first-order valence-electron chi connectivity index (χ1n) is 8.14. The standard InChI is InChI=1S/C18H28N4O/c1-6-20-16(22-12-17(2,3)18(22,4)5)21-11-13-8-7-9-14(10-13)15(19)23/h7-10H,6,11-12H2,1-5H3,(H2,19,23)(H,20,21). The van der Waals surface area contributed by atoms with Crippen molar-refractivity contribution in [2.24, 2.45) is 16.1 Å². The van der Waals surface area contributed by atoms with Gasteiger partial charge in [0.2, 0.25) is 5.91 Å². The maximum Gasteiger partial charge on any atom is 0.248 e. The highest BCUT2D eigenvalue weighted by Gasteiger charge is 2.53. The molecule has 0 radical (unpaired) electrons. The predicted octanol–water partition coefficient (Wildman–Crippen LogP) is 2.37. The molecule has 1 aromatic carbocycles. The van der Waals surface area contributed by atoms with Gasteiger partial charge < -0.3 is 16.0 Å². The van der Waals surface area contributed by atoms with Gasteiger partial charge in [-0.2, -0.15) is 0 Å². The number of likely N-dealkylation sites (tertiary alicyclic amines) is 1. The molecule has 1 aliphatic heterocycles. The van der Waals surface area contributed by atoms with Crippen LogP contribution in [0.4, 0.5) is 0 Å². The number of primary amides is 1. The fourth-order valence-corrected chi connectivity index (χ4v) is 2.78. The van der Waals surface area contributed by atoms with Gasteiger partial charge in [-0.15, -0.1) is 0 Å². The van der Waals surface area contributed by atoms with E-state index in [0.717, 1.165) is 24.6 Å². The van der Waals surface area contributed by atoms with Crippen LogP contribution in [-0.2, 0) is 6.54 Å². The summed E-state index contributed by atoms with van der Waals surface area (Å²) in [4.78, 5) is 18.3. The van der Waals surface area contributed by atoms with E-state index >= 15 is 0 Å². The molecule has 1 saturated heterocycles. The first kappa shape index (κ1) is 17.3. The van der Waals surface area contributed by atoms with Crippen LogP contribution < -0.4 is 11.1 Å². The van der Waals surface area contributed by atoms with Gasteiger partial charge in [-0.1, -0.05) is 26.0 Å². The lowest BCUT2D eigenvalue weighted by atomic mass is 9.65. The summed E-state index contributed by atoms with van der Waals surface area (Å²) in [5.41, 5.74) is 7.16. The average molecular weight is 316 g/mol. The fourth-order valence-electron chi connectivity index (χ4n) is 2.78. The third-order valence-electron chi connectivity index (χ3n) is 5.10. The molecular formula is C18H28N4O. The molecule has 5 nitrogen and oxygen atoms in total. The summed E-state index contributed by atoms with van der Waals surface area (Å²) >= 11 is 0. The molecule has 3 N–H and O–H groups in total. The molecule has 0 spiro atoms. The predicted molar refractivity (Wildman–Crippen MR) is 94.3 cm³/mol. The van der Waals surface area contributed by atoms with Crippen molar-refractivity contribution < 1.29 is 4.79 Å². The normalized spacial score (nSPS) is 19.2. The number of benzene rings is 1. The van der Waals surface area contributed by atoms with Gasteiger partial charge in [-0.3, -0.25) is 4.79 Å². The zero-order chi connectivity index (χ0) is 17.3. The third-order valence-corrected chi connectivity index (χ3v) is 5.10. The van der Waals surface area contributed by atoms with Gasteiger partial charge >= 0.3 is 0 Å². The van der Waals surface area contributed by atoms with Gasteiger partial charge in [-0.05, 0) is 38.5 Å². The highest BCUT2D eigenvalue weighted by Crippen LogP contribution is 2.46. The van der Waals surface area contributed by atoms with Crippen LogP contribution in [0.3, 0.4) is 0 Å². The van der Waals surface area contributed by atoms with Crippen molar-refractivity contribution in [1.29, 1.82) is 0 Å². The number of carbonyl (C=O) groups is 1. The zero-order valence-corrected chi connectivity index (χ0v) is 14.8. The summed E-state index contributed by atoms with van der Waals surface area (Å²) in [6, 6.07) is 7.33. The van der Waals surface area contributed by atoms with Crippen molar-refractivity contribution in [2.45, 2.75) is 46.7 Å². The Labute approximate surface area is 139 Å². The van der Waals surface area contributed by atoms with Crippen molar-refractivity contribution in [1.82, 2.24) is 10.2 Å². The lowest BCUT2D eigenvalue weighted by Gasteiger charge is -2.62. The summed E-state index contributed by atoms with van der Waals surface area (Å²) in [6.45, 7) is 13.5. The second-order valence-corrected chi connectivity index (χ2v) is 7.26. The molecule has 0 bridgehead atoms. The van der Waals surface area contributed by atoms with E-state index in [1.807, 2.05) is 12.1 Å². The molecule has 1 fully saturated rings. The van der Waals surface area contributed by atoms with E-state index in [0.29, 0.717) is 12.1 Å². The molecule has 5 heteroatoms. The number of amides is 1. The third kappa shape index (κ3) is 3.33. The van der Waals surface area contributed by atoms with Crippen molar-refractivity contribution in [3.05, 3.63) is 35.4 Å². The smallest absolute Gasteiger partial charge is 0.248 e. The maximum atomic E-state index is 11.3. The number of hydrogen-bond acceptors (Lipinski definition) is 2. The molecule has 2 rings (SSSR count). The number of aliphatic imine (C=N–C) groups is 1. The van der Waals surface area contributed by atoms with E-state index in [1.54, 1.807) is 12.1 Å². The minimum absolute atomic E-state index is 0.0586. The summed E-state index contributed by atoms with van der Waals surface area (Å²) in [6.07, 6.45) is 0. The number of rotatable bonds is 4. The molecule has 0 unspecified atom stereocenters. The van der Waals surface area contributed by atoms with Crippen LogP contribution in [0.25, 0.3) is 0 Å². The minimum atomic E-state index is -0.409. The molecule has 0 saturated carbocycles. The number of guanidine groups is 1. The van der Waals surface area contributed by atoms with Crippen LogP contribution in [-0.4, -0.2) is 35.4 Å². The Morgan fingerprint density at radius 3 is 2.57 bits per heavy atom. The highest BCUT2D eigenvalue weighted by molar-refractivity contribution is 5.92. The Hall–Kier alpha value is -2.04. The minimum Gasteiger partial charge on any atom is -0.366 e. The average Bonchev–Trinajstić information content (AvgIpc) is 2.49. The van der Waals surface area contributed by atoms with Crippen LogP contribution in [0.1, 0.15) is 50.5 Å². The lowest BCUT2D eigenvalue weighted by molar-refractivity contribution is -0.0667. The Balaban J connectivity index is 2.17. The first-order chi connectivity index (χ1) is 10.7. The molecule has 0 aliphatic carbocycles. The molecule has 0 aromatic heterocycles. The van der Waals surface area contributed by atoms with Crippen molar-refractivity contribution >= 4 is 11.9 Å². The zero-order valence-electron chi connectivity index (χ0n) is 14.8. The molecule has 1 aromatic rings. The molecule has 0 atom stereocenters. The first-order valence-corrected chi connectivity index (χ1v) is 8.14. The van der Waals surface area contributed by atoms with Crippen LogP contribution in [0.5, 0.6) is 0 Å². The highest BCUT2D eigenvalue weighted by atomic mass is 16.1. The maximum absolute atomic E-state index is 11.3. The summed E-state index contributed by atoms with van der Waals surface area (Å²) < 4.78 is 0. The van der Waals surface area contributed by atoms with Crippen molar-refractivity contribution in [3.8, 4) is 0 Å². The summed E-state index contributed by atoms with van der Waals surface area (Å²) in [5.74, 6) is 0.509. The topological polar surface area (TPSA) is 70.7 Å². The molecule has 23 heavy (non-hydrogen) atoms. The van der Waals surface area contributed by atoms with E-state index in [1.165, 1.54) is 0 Å². The van der Waals surface area contributed by atoms with Crippen LogP contribution in [0.15, 0.2) is 29.3 Å². The number of nitrogens with one attached hydrogen (secondary N) is 1. The van der Waals surface area contributed by atoms with Crippen LogP contribution >= 0.6 is 0 Å². The fraction of sp³-hybridized carbons (Fsp3) is 0.556. The number of carbonyl (C=O) groups excluding carboxylic acids is 1.